The summed E-state index contributed by atoms with van der Waals surface area (Å²) in [5.41, 5.74) is 1.55. The van der Waals surface area contributed by atoms with Crippen LogP contribution in [0.2, 0.25) is 0 Å². The lowest BCUT2D eigenvalue weighted by Gasteiger charge is -2.39. The van der Waals surface area contributed by atoms with Crippen LogP contribution >= 0.6 is 0 Å². The minimum absolute atomic E-state index is 0.0242. The second kappa shape index (κ2) is 6.00. The number of fused-ring (bicyclic) bond motifs is 2. The van der Waals surface area contributed by atoms with Gasteiger partial charge in [-0.2, -0.15) is 0 Å². The van der Waals surface area contributed by atoms with E-state index in [1.165, 1.54) is 6.92 Å². The van der Waals surface area contributed by atoms with Crippen LogP contribution in [0.25, 0.3) is 0 Å². The molecular formula is C22H30O5. The highest BCUT2D eigenvalue weighted by molar-refractivity contribution is 5.98. The van der Waals surface area contributed by atoms with Gasteiger partial charge in [-0.05, 0) is 41.6 Å². The molecule has 5 heteroatoms. The topological polar surface area (TPSA) is 69.7 Å². The molecule has 4 rings (SSSR count). The van der Waals surface area contributed by atoms with Crippen LogP contribution in [-0.2, 0) is 23.9 Å². The summed E-state index contributed by atoms with van der Waals surface area (Å²) in [5, 5.41) is 0. The summed E-state index contributed by atoms with van der Waals surface area (Å²) in [7, 11) is 0. The molecule has 5 nitrogen and oxygen atoms in total. The van der Waals surface area contributed by atoms with Gasteiger partial charge in [0.15, 0.2) is 17.7 Å². The average Bonchev–Trinajstić information content (AvgIpc) is 3.06. The summed E-state index contributed by atoms with van der Waals surface area (Å²) in [6.07, 6.45) is 2.15. The van der Waals surface area contributed by atoms with Crippen LogP contribution in [0.1, 0.15) is 60.3 Å². The number of Topliss-reactive ketones (excluding diaryl/α,β-unsaturated/α-hetero) is 2. The van der Waals surface area contributed by atoms with E-state index in [1.54, 1.807) is 0 Å². The zero-order chi connectivity index (χ0) is 19.7. The molecule has 0 bridgehead atoms. The van der Waals surface area contributed by atoms with Gasteiger partial charge in [0.05, 0.1) is 12.7 Å². The third kappa shape index (κ3) is 2.50. The van der Waals surface area contributed by atoms with Gasteiger partial charge in [0.2, 0.25) is 0 Å². The van der Waals surface area contributed by atoms with E-state index in [4.69, 9.17) is 9.47 Å². The highest BCUT2D eigenvalue weighted by Gasteiger charge is 2.66. The SMILES string of the molecule is CC(=O)OC1C(=O)C(C(C)C)C2(C)CCC3(C)CCC(=O)C4=C3C(OC4)C12. The van der Waals surface area contributed by atoms with Crippen LogP contribution in [0.4, 0.5) is 0 Å². The number of hydrogen-bond acceptors (Lipinski definition) is 5. The first kappa shape index (κ1) is 18.9. The van der Waals surface area contributed by atoms with Gasteiger partial charge < -0.3 is 9.47 Å². The van der Waals surface area contributed by atoms with Crippen molar-refractivity contribution in [3.05, 3.63) is 11.1 Å². The first-order valence-corrected chi connectivity index (χ1v) is 10.2. The Kier molecular flexibility index (Phi) is 4.19. The van der Waals surface area contributed by atoms with E-state index in [9.17, 15) is 14.4 Å². The number of carbonyl (C=O) groups is 3. The Bertz CT molecular complexity index is 750. The van der Waals surface area contributed by atoms with Gasteiger partial charge >= 0.3 is 5.97 Å². The second-order valence-corrected chi connectivity index (χ2v) is 9.79. The van der Waals surface area contributed by atoms with E-state index >= 15 is 0 Å². The van der Waals surface area contributed by atoms with Crippen molar-refractivity contribution >= 4 is 17.5 Å². The van der Waals surface area contributed by atoms with Crippen LogP contribution in [-0.4, -0.2) is 36.4 Å². The summed E-state index contributed by atoms with van der Waals surface area (Å²) >= 11 is 0. The molecule has 0 saturated heterocycles. The van der Waals surface area contributed by atoms with Crippen LogP contribution in [0.15, 0.2) is 11.1 Å². The lowest BCUT2D eigenvalue weighted by atomic mass is 9.66. The molecule has 6 atom stereocenters. The van der Waals surface area contributed by atoms with Gasteiger partial charge in [-0.1, -0.05) is 27.7 Å². The molecule has 0 aromatic heterocycles. The van der Waals surface area contributed by atoms with Gasteiger partial charge in [0, 0.05) is 30.8 Å². The molecule has 1 heterocycles. The molecule has 0 spiro atoms. The molecule has 0 amide bonds. The molecule has 27 heavy (non-hydrogen) atoms. The second-order valence-electron chi connectivity index (χ2n) is 9.79. The summed E-state index contributed by atoms with van der Waals surface area (Å²) in [6, 6.07) is 0. The van der Waals surface area contributed by atoms with E-state index in [1.807, 2.05) is 0 Å². The smallest absolute Gasteiger partial charge is 0.303 e. The molecule has 3 aliphatic carbocycles. The molecule has 2 fully saturated rings. The van der Waals surface area contributed by atoms with E-state index in [-0.39, 0.29) is 46.3 Å². The van der Waals surface area contributed by atoms with Crippen molar-refractivity contribution < 1.29 is 23.9 Å². The lowest BCUT2D eigenvalue weighted by Crippen LogP contribution is -2.42. The minimum Gasteiger partial charge on any atom is -0.454 e. The molecule has 2 saturated carbocycles. The fourth-order valence-electron chi connectivity index (χ4n) is 6.67. The van der Waals surface area contributed by atoms with Gasteiger partial charge in [-0.15, -0.1) is 0 Å². The van der Waals surface area contributed by atoms with Crippen LogP contribution in [0.5, 0.6) is 0 Å². The number of rotatable bonds is 2. The molecule has 0 aromatic rings. The van der Waals surface area contributed by atoms with Crippen molar-refractivity contribution in [1.29, 1.82) is 0 Å². The number of ketones is 2. The fourth-order valence-corrected chi connectivity index (χ4v) is 6.67. The first-order valence-electron chi connectivity index (χ1n) is 10.2. The third-order valence-electron chi connectivity index (χ3n) is 7.79. The predicted molar refractivity (Wildman–Crippen MR) is 98.8 cm³/mol. The highest BCUT2D eigenvalue weighted by Crippen LogP contribution is 2.63. The van der Waals surface area contributed by atoms with E-state index in [0.29, 0.717) is 13.0 Å². The van der Waals surface area contributed by atoms with Gasteiger partial charge in [0.1, 0.15) is 0 Å². The van der Waals surface area contributed by atoms with E-state index in [0.717, 1.165) is 30.4 Å². The maximum absolute atomic E-state index is 13.3. The summed E-state index contributed by atoms with van der Waals surface area (Å²) in [6.45, 7) is 10.3. The lowest BCUT2D eigenvalue weighted by molar-refractivity contribution is -0.157. The Balaban J connectivity index is 1.88. The largest absolute Gasteiger partial charge is 0.454 e. The Hall–Kier alpha value is -1.49. The maximum atomic E-state index is 13.3. The standard InChI is InChI=1S/C22H30O5/c1-11(2)15-18(25)20(27-12(3)23)17-19-16-13(10-26-19)14(24)6-7-21(16,4)8-9-22(15,17)5/h11,15,17,19-20H,6-10H2,1-5H3. The zero-order valence-corrected chi connectivity index (χ0v) is 17.0. The van der Waals surface area contributed by atoms with Gasteiger partial charge in [0.25, 0.3) is 0 Å². The molecule has 148 valence electrons. The van der Waals surface area contributed by atoms with Crippen molar-refractivity contribution in [3.8, 4) is 0 Å². The Labute approximate surface area is 160 Å². The number of hydrogen-bond donors (Lipinski definition) is 0. The Morgan fingerprint density at radius 1 is 1.19 bits per heavy atom. The molecule has 1 aliphatic heterocycles. The first-order chi connectivity index (χ1) is 12.6. The Morgan fingerprint density at radius 3 is 2.52 bits per heavy atom. The molecule has 0 aromatic carbocycles. The average molecular weight is 374 g/mol. The number of ether oxygens (including phenoxy) is 2. The van der Waals surface area contributed by atoms with Crippen LogP contribution in [0, 0.1) is 28.6 Å². The van der Waals surface area contributed by atoms with Crippen molar-refractivity contribution in [2.24, 2.45) is 28.6 Å². The molecule has 0 N–H and O–H groups in total. The fraction of sp³-hybridized carbons (Fsp3) is 0.773. The molecule has 4 aliphatic rings. The summed E-state index contributed by atoms with van der Waals surface area (Å²) < 4.78 is 11.8. The molecule has 0 radical (unpaired) electrons. The molecule has 6 unspecified atom stereocenters. The van der Waals surface area contributed by atoms with Crippen molar-refractivity contribution in [3.63, 3.8) is 0 Å². The van der Waals surface area contributed by atoms with Gasteiger partial charge in [-0.25, -0.2) is 0 Å². The quantitative estimate of drug-likeness (QED) is 0.694. The van der Waals surface area contributed by atoms with Crippen LogP contribution < -0.4 is 0 Å². The van der Waals surface area contributed by atoms with Crippen molar-refractivity contribution in [1.82, 2.24) is 0 Å². The van der Waals surface area contributed by atoms with E-state index in [2.05, 4.69) is 27.7 Å². The monoisotopic (exact) mass is 374 g/mol. The highest BCUT2D eigenvalue weighted by atomic mass is 16.6. The van der Waals surface area contributed by atoms with Gasteiger partial charge in [-0.3, -0.25) is 14.4 Å². The van der Waals surface area contributed by atoms with Crippen LogP contribution in [0.3, 0.4) is 0 Å². The predicted octanol–water partition coefficient (Wildman–Crippen LogP) is 3.25. The zero-order valence-electron chi connectivity index (χ0n) is 17.0. The van der Waals surface area contributed by atoms with E-state index < -0.39 is 12.1 Å². The summed E-state index contributed by atoms with van der Waals surface area (Å²) in [5.74, 6) is -0.450. The van der Waals surface area contributed by atoms with Crippen molar-refractivity contribution in [2.75, 3.05) is 6.61 Å². The minimum atomic E-state index is -0.781. The third-order valence-corrected chi connectivity index (χ3v) is 7.79. The number of carbonyl (C=O) groups excluding carboxylic acids is 3. The normalized spacial score (nSPS) is 43.6. The summed E-state index contributed by atoms with van der Waals surface area (Å²) in [4.78, 5) is 37.7. The molecular weight excluding hydrogens is 344 g/mol. The number of esters is 1. The maximum Gasteiger partial charge on any atom is 0.303 e. The van der Waals surface area contributed by atoms with Crippen molar-refractivity contribution in [2.45, 2.75) is 72.5 Å². The Morgan fingerprint density at radius 2 is 1.89 bits per heavy atom.